The summed E-state index contributed by atoms with van der Waals surface area (Å²) in [4.78, 5) is 3.47. The third-order valence-electron chi connectivity index (χ3n) is 1.66. The Hall–Kier alpha value is -1.30. The number of rotatable bonds is 1. The highest BCUT2D eigenvalue weighted by Crippen LogP contribution is 2.31. The maximum Gasteiger partial charge on any atom is 0.417 e. The van der Waals surface area contributed by atoms with Gasteiger partial charge in [0.1, 0.15) is 11.4 Å². The third-order valence-corrected chi connectivity index (χ3v) is 1.95. The summed E-state index contributed by atoms with van der Waals surface area (Å²) in [5, 5.41) is 11.0. The lowest BCUT2D eigenvalue weighted by atomic mass is 10.2. The van der Waals surface area contributed by atoms with E-state index in [1.807, 2.05) is 0 Å². The van der Waals surface area contributed by atoms with Gasteiger partial charge in [0.05, 0.1) is 10.6 Å². The van der Waals surface area contributed by atoms with Gasteiger partial charge in [-0.25, -0.2) is 0 Å². The quantitative estimate of drug-likeness (QED) is 0.464. The van der Waals surface area contributed by atoms with E-state index in [1.165, 1.54) is 6.92 Å². The van der Waals surface area contributed by atoms with Gasteiger partial charge in [-0.3, -0.25) is 4.98 Å². The van der Waals surface area contributed by atoms with Crippen molar-refractivity contribution < 1.29 is 18.4 Å². The molecule has 0 aliphatic carbocycles. The average molecular weight is 239 g/mol. The van der Waals surface area contributed by atoms with E-state index in [4.69, 9.17) is 16.8 Å². The molecular formula is C8H6ClF3N2O. The molecule has 0 aliphatic rings. The summed E-state index contributed by atoms with van der Waals surface area (Å²) in [5.41, 5.74) is -0.872. The molecule has 1 N–H and O–H groups in total. The van der Waals surface area contributed by atoms with E-state index in [9.17, 15) is 13.2 Å². The second kappa shape index (κ2) is 4.06. The maximum absolute atomic E-state index is 12.2. The molecule has 0 amide bonds. The number of alkyl halides is 3. The first-order valence-electron chi connectivity index (χ1n) is 3.78. The molecular weight excluding hydrogens is 233 g/mol. The van der Waals surface area contributed by atoms with Crippen LogP contribution in [-0.4, -0.2) is 15.9 Å². The first-order valence-corrected chi connectivity index (χ1v) is 4.16. The number of pyridine rings is 1. The highest BCUT2D eigenvalue weighted by molar-refractivity contribution is 6.33. The van der Waals surface area contributed by atoms with Gasteiger partial charge in [-0.1, -0.05) is 16.8 Å². The van der Waals surface area contributed by atoms with Crippen molar-refractivity contribution in [2.45, 2.75) is 13.1 Å². The van der Waals surface area contributed by atoms with Crippen molar-refractivity contribution in [2.24, 2.45) is 5.16 Å². The van der Waals surface area contributed by atoms with Gasteiger partial charge in [0.15, 0.2) is 0 Å². The summed E-state index contributed by atoms with van der Waals surface area (Å²) in [6.45, 7) is 1.38. The Bertz CT molecular complexity index is 403. The fraction of sp³-hybridized carbons (Fsp3) is 0.250. The van der Waals surface area contributed by atoms with Crippen LogP contribution in [0.25, 0.3) is 0 Å². The Labute approximate surface area is 88.2 Å². The highest BCUT2D eigenvalue weighted by atomic mass is 35.5. The fourth-order valence-corrected chi connectivity index (χ4v) is 1.21. The van der Waals surface area contributed by atoms with Gasteiger partial charge < -0.3 is 5.21 Å². The van der Waals surface area contributed by atoms with E-state index >= 15 is 0 Å². The van der Waals surface area contributed by atoms with Crippen LogP contribution >= 0.6 is 11.6 Å². The molecule has 15 heavy (non-hydrogen) atoms. The molecule has 0 aliphatic heterocycles. The topological polar surface area (TPSA) is 45.5 Å². The molecule has 1 heterocycles. The lowest BCUT2D eigenvalue weighted by molar-refractivity contribution is -0.137. The minimum absolute atomic E-state index is 0.0205. The fourth-order valence-electron chi connectivity index (χ4n) is 0.907. The van der Waals surface area contributed by atoms with Crippen LogP contribution < -0.4 is 0 Å². The van der Waals surface area contributed by atoms with Gasteiger partial charge in [0.2, 0.25) is 0 Å². The lowest BCUT2D eigenvalue weighted by Gasteiger charge is -2.08. The molecule has 0 spiro atoms. The Morgan fingerprint density at radius 1 is 1.53 bits per heavy atom. The molecule has 1 rings (SSSR count). The monoisotopic (exact) mass is 238 g/mol. The summed E-state index contributed by atoms with van der Waals surface area (Å²) < 4.78 is 36.6. The Kier molecular flexibility index (Phi) is 3.18. The minimum Gasteiger partial charge on any atom is -0.411 e. The van der Waals surface area contributed by atoms with E-state index in [0.29, 0.717) is 6.20 Å². The largest absolute Gasteiger partial charge is 0.417 e. The van der Waals surface area contributed by atoms with Gasteiger partial charge in [0, 0.05) is 6.20 Å². The van der Waals surface area contributed by atoms with Crippen LogP contribution in [0.2, 0.25) is 5.02 Å². The molecule has 1 aromatic rings. The normalized spacial score (nSPS) is 13.0. The minimum atomic E-state index is -4.49. The molecule has 0 unspecified atom stereocenters. The zero-order chi connectivity index (χ0) is 11.6. The summed E-state index contributed by atoms with van der Waals surface area (Å²) >= 11 is 5.55. The van der Waals surface area contributed by atoms with E-state index in [1.54, 1.807) is 0 Å². The van der Waals surface area contributed by atoms with Crippen LogP contribution in [-0.2, 0) is 6.18 Å². The number of aromatic nitrogens is 1. The van der Waals surface area contributed by atoms with Crippen LogP contribution in [0.5, 0.6) is 0 Å². The standard InChI is InChI=1S/C8H6ClF3N2O/c1-4(14-15)7-6(9)2-5(3-13-7)8(10,11)12/h2-3,15H,1H3/b14-4-. The van der Waals surface area contributed by atoms with Crippen LogP contribution in [0.1, 0.15) is 18.2 Å². The molecule has 0 saturated carbocycles. The molecule has 0 saturated heterocycles. The smallest absolute Gasteiger partial charge is 0.411 e. The first kappa shape index (κ1) is 11.8. The van der Waals surface area contributed by atoms with Crippen molar-refractivity contribution in [2.75, 3.05) is 0 Å². The van der Waals surface area contributed by atoms with Crippen molar-refractivity contribution >= 4 is 17.3 Å². The molecule has 0 fully saturated rings. The lowest BCUT2D eigenvalue weighted by Crippen LogP contribution is -2.08. The van der Waals surface area contributed by atoms with E-state index < -0.39 is 11.7 Å². The molecule has 1 aromatic heterocycles. The zero-order valence-electron chi connectivity index (χ0n) is 7.51. The molecule has 0 bridgehead atoms. The highest BCUT2D eigenvalue weighted by Gasteiger charge is 2.31. The Balaban J connectivity index is 3.21. The number of nitrogens with zero attached hydrogens (tertiary/aromatic N) is 2. The number of oxime groups is 1. The van der Waals surface area contributed by atoms with E-state index in [2.05, 4.69) is 10.1 Å². The second-order valence-electron chi connectivity index (χ2n) is 2.74. The maximum atomic E-state index is 12.2. The van der Waals surface area contributed by atoms with Crippen LogP contribution in [0.15, 0.2) is 17.4 Å². The number of halogens is 4. The van der Waals surface area contributed by atoms with Gasteiger partial charge in [-0.05, 0) is 13.0 Å². The van der Waals surface area contributed by atoms with E-state index in [0.717, 1.165) is 6.07 Å². The van der Waals surface area contributed by atoms with Crippen LogP contribution in [0, 0.1) is 0 Å². The van der Waals surface area contributed by atoms with Crippen molar-refractivity contribution in [3.05, 3.63) is 28.5 Å². The van der Waals surface area contributed by atoms with Gasteiger partial charge in [0.25, 0.3) is 0 Å². The predicted molar refractivity (Wildman–Crippen MR) is 48.2 cm³/mol. The first-order chi connectivity index (χ1) is 6.86. The summed E-state index contributed by atoms with van der Waals surface area (Å²) in [6.07, 6.45) is -3.85. The predicted octanol–water partition coefficient (Wildman–Crippen LogP) is 2.95. The second-order valence-corrected chi connectivity index (χ2v) is 3.14. The SMILES string of the molecule is C/C(=N/O)c1ncc(C(F)(F)F)cc1Cl. The average Bonchev–Trinajstić information content (AvgIpc) is 2.15. The zero-order valence-corrected chi connectivity index (χ0v) is 8.26. The van der Waals surface area contributed by atoms with Gasteiger partial charge in [-0.2, -0.15) is 13.2 Å². The molecule has 82 valence electrons. The van der Waals surface area contributed by atoms with Crippen molar-refractivity contribution in [3.8, 4) is 0 Å². The molecule has 7 heteroatoms. The molecule has 0 aromatic carbocycles. The molecule has 0 radical (unpaired) electrons. The summed E-state index contributed by atoms with van der Waals surface area (Å²) in [6, 6.07) is 0.735. The summed E-state index contributed by atoms with van der Waals surface area (Å²) in [5.74, 6) is 0. The van der Waals surface area contributed by atoms with Crippen molar-refractivity contribution in [3.63, 3.8) is 0 Å². The number of hydrogen-bond donors (Lipinski definition) is 1. The van der Waals surface area contributed by atoms with Gasteiger partial charge >= 0.3 is 6.18 Å². The molecule has 3 nitrogen and oxygen atoms in total. The van der Waals surface area contributed by atoms with Gasteiger partial charge in [-0.15, -0.1) is 0 Å². The van der Waals surface area contributed by atoms with E-state index in [-0.39, 0.29) is 16.4 Å². The number of hydrogen-bond acceptors (Lipinski definition) is 3. The van der Waals surface area contributed by atoms with Crippen LogP contribution in [0.3, 0.4) is 0 Å². The van der Waals surface area contributed by atoms with Crippen molar-refractivity contribution in [1.82, 2.24) is 4.98 Å². The van der Waals surface area contributed by atoms with Crippen LogP contribution in [0.4, 0.5) is 13.2 Å². The Morgan fingerprint density at radius 3 is 2.53 bits per heavy atom. The Morgan fingerprint density at radius 2 is 2.13 bits per heavy atom. The third kappa shape index (κ3) is 2.59. The summed E-state index contributed by atoms with van der Waals surface area (Å²) in [7, 11) is 0. The molecule has 0 atom stereocenters. The van der Waals surface area contributed by atoms with Crippen molar-refractivity contribution in [1.29, 1.82) is 0 Å².